The quantitative estimate of drug-likeness (QED) is 0.560. The minimum absolute atomic E-state index is 0.0958. The molecule has 3 aliphatic rings. The number of piperazine rings is 1. The Labute approximate surface area is 188 Å². The fourth-order valence-electron chi connectivity index (χ4n) is 5.30. The number of likely N-dealkylation sites (tertiary alicyclic amines) is 1. The number of piperidine rings is 1. The number of nitrogens with one attached hydrogen (secondary N) is 1. The van der Waals surface area contributed by atoms with Gasteiger partial charge >= 0.3 is 0 Å². The van der Waals surface area contributed by atoms with Crippen LogP contribution >= 0.6 is 0 Å². The highest BCUT2D eigenvalue weighted by molar-refractivity contribution is 5.78. The van der Waals surface area contributed by atoms with E-state index in [0.29, 0.717) is 37.6 Å². The first-order valence-corrected chi connectivity index (χ1v) is 12.6. The van der Waals surface area contributed by atoms with Gasteiger partial charge in [0.25, 0.3) is 0 Å². The van der Waals surface area contributed by atoms with Crippen molar-refractivity contribution in [1.82, 2.24) is 20.0 Å². The fourth-order valence-corrected chi connectivity index (χ4v) is 5.30. The van der Waals surface area contributed by atoms with Crippen LogP contribution in [0.15, 0.2) is 0 Å². The number of amides is 2. The number of carbonyl (C=O) groups excluding carboxylic acids is 2. The van der Waals surface area contributed by atoms with Gasteiger partial charge in [0.15, 0.2) is 0 Å². The van der Waals surface area contributed by atoms with E-state index >= 15 is 0 Å². The van der Waals surface area contributed by atoms with Gasteiger partial charge in [-0.3, -0.25) is 19.4 Å². The molecule has 7 nitrogen and oxygen atoms in total. The first-order chi connectivity index (χ1) is 15.0. The van der Waals surface area contributed by atoms with Crippen molar-refractivity contribution >= 4 is 11.8 Å². The Morgan fingerprint density at radius 3 is 2.16 bits per heavy atom. The van der Waals surface area contributed by atoms with Gasteiger partial charge in [-0.2, -0.15) is 0 Å². The van der Waals surface area contributed by atoms with Crippen molar-refractivity contribution in [2.45, 2.75) is 64.9 Å². The minimum atomic E-state index is 0.0958. The van der Waals surface area contributed by atoms with Crippen molar-refractivity contribution in [3.05, 3.63) is 0 Å². The maximum absolute atomic E-state index is 12.7. The summed E-state index contributed by atoms with van der Waals surface area (Å²) in [7, 11) is 0. The molecule has 0 spiro atoms. The van der Waals surface area contributed by atoms with Crippen molar-refractivity contribution in [1.29, 1.82) is 0 Å². The molecule has 0 aromatic rings. The van der Waals surface area contributed by atoms with E-state index < -0.39 is 0 Å². The maximum Gasteiger partial charge on any atom is 0.236 e. The highest BCUT2D eigenvalue weighted by Gasteiger charge is 2.27. The largest absolute Gasteiger partial charge is 0.378 e. The van der Waals surface area contributed by atoms with E-state index in [1.807, 2.05) is 0 Å². The lowest BCUT2D eigenvalue weighted by Crippen LogP contribution is -2.53. The van der Waals surface area contributed by atoms with Crippen molar-refractivity contribution in [2.75, 3.05) is 65.5 Å². The smallest absolute Gasteiger partial charge is 0.236 e. The van der Waals surface area contributed by atoms with Gasteiger partial charge in [0.2, 0.25) is 11.8 Å². The number of rotatable bonds is 9. The van der Waals surface area contributed by atoms with E-state index in [4.69, 9.17) is 4.74 Å². The molecule has 0 aromatic heterocycles. The lowest BCUT2D eigenvalue weighted by atomic mass is 9.92. The fraction of sp³-hybridized carbons (Fsp3) is 0.917. The van der Waals surface area contributed by atoms with E-state index in [0.717, 1.165) is 52.3 Å². The molecular formula is C24H44N4O3. The third kappa shape index (κ3) is 8.70. The van der Waals surface area contributed by atoms with Crippen LogP contribution in [0.1, 0.15) is 58.8 Å². The van der Waals surface area contributed by atoms with Gasteiger partial charge in [-0.1, -0.05) is 33.1 Å². The van der Waals surface area contributed by atoms with Crippen LogP contribution in [0.25, 0.3) is 0 Å². The van der Waals surface area contributed by atoms with Crippen molar-refractivity contribution < 1.29 is 14.3 Å². The monoisotopic (exact) mass is 436 g/mol. The highest BCUT2D eigenvalue weighted by atomic mass is 16.5. The molecule has 31 heavy (non-hydrogen) atoms. The topological polar surface area (TPSA) is 65.1 Å². The molecule has 1 N–H and O–H groups in total. The highest BCUT2D eigenvalue weighted by Crippen LogP contribution is 2.21. The molecule has 3 rings (SSSR count). The average Bonchev–Trinajstić information content (AvgIpc) is 2.75. The minimum Gasteiger partial charge on any atom is -0.378 e. The number of carbonyl (C=O) groups is 2. The second-order valence-electron chi connectivity index (χ2n) is 10.1. The molecule has 2 heterocycles. The molecule has 2 saturated heterocycles. The van der Waals surface area contributed by atoms with Gasteiger partial charge in [-0.05, 0) is 37.5 Å². The third-order valence-corrected chi connectivity index (χ3v) is 6.96. The molecule has 1 aliphatic carbocycles. The molecule has 1 saturated carbocycles. The average molecular weight is 437 g/mol. The summed E-state index contributed by atoms with van der Waals surface area (Å²) in [5, 5.41) is 3.03. The lowest BCUT2D eigenvalue weighted by molar-refractivity contribution is -0.135. The molecule has 2 amide bonds. The van der Waals surface area contributed by atoms with Crippen molar-refractivity contribution in [3.63, 3.8) is 0 Å². The van der Waals surface area contributed by atoms with Crippen LogP contribution in [0.3, 0.4) is 0 Å². The summed E-state index contributed by atoms with van der Waals surface area (Å²) in [6, 6.07) is 0. The Balaban J connectivity index is 1.23. The zero-order valence-corrected chi connectivity index (χ0v) is 19.8. The molecule has 178 valence electrons. The molecule has 0 bridgehead atoms. The van der Waals surface area contributed by atoms with E-state index in [1.165, 1.54) is 38.5 Å². The van der Waals surface area contributed by atoms with Crippen LogP contribution in [0, 0.1) is 11.8 Å². The van der Waals surface area contributed by atoms with Crippen LogP contribution in [-0.2, 0) is 14.3 Å². The first kappa shape index (κ1) is 24.5. The second-order valence-corrected chi connectivity index (χ2v) is 10.1. The molecule has 2 aliphatic heterocycles. The molecule has 2 atom stereocenters. The van der Waals surface area contributed by atoms with Crippen LogP contribution in [0.5, 0.6) is 0 Å². The SMILES string of the molecule is CC1CC(C)CN(C(=O)CN2CCN(CC(=O)NCCCOC3CCCCC3)CC2)C1. The Bertz CT molecular complexity index is 549. The zero-order chi connectivity index (χ0) is 22.1. The summed E-state index contributed by atoms with van der Waals surface area (Å²) in [4.78, 5) is 31.4. The van der Waals surface area contributed by atoms with Gasteiger partial charge in [0.05, 0.1) is 19.2 Å². The normalized spacial score (nSPS) is 26.7. The number of nitrogens with zero attached hydrogens (tertiary/aromatic N) is 3. The third-order valence-electron chi connectivity index (χ3n) is 6.96. The molecule has 7 heteroatoms. The van der Waals surface area contributed by atoms with Crippen LogP contribution in [0.2, 0.25) is 0 Å². The Morgan fingerprint density at radius 2 is 1.52 bits per heavy atom. The van der Waals surface area contributed by atoms with Crippen molar-refractivity contribution in [2.24, 2.45) is 11.8 Å². The standard InChI is InChI=1S/C24H44N4O3/c1-20-15-21(2)17-28(16-20)24(30)19-27-12-10-26(11-13-27)18-23(29)25-9-6-14-31-22-7-4-3-5-8-22/h20-22H,3-19H2,1-2H3,(H,25,29). The van der Waals surface area contributed by atoms with E-state index in [9.17, 15) is 9.59 Å². The van der Waals surface area contributed by atoms with Crippen molar-refractivity contribution in [3.8, 4) is 0 Å². The molecule has 3 fully saturated rings. The van der Waals surface area contributed by atoms with Gasteiger partial charge in [0.1, 0.15) is 0 Å². The Morgan fingerprint density at radius 1 is 0.903 bits per heavy atom. The summed E-state index contributed by atoms with van der Waals surface area (Å²) in [6.45, 7) is 12.1. The number of ether oxygens (including phenoxy) is 1. The molecule has 0 radical (unpaired) electrons. The first-order valence-electron chi connectivity index (χ1n) is 12.6. The van der Waals surface area contributed by atoms with Gasteiger partial charge < -0.3 is 15.0 Å². The van der Waals surface area contributed by atoms with Gasteiger partial charge in [0, 0.05) is 52.4 Å². The maximum atomic E-state index is 12.7. The molecular weight excluding hydrogens is 392 g/mol. The van der Waals surface area contributed by atoms with Crippen LogP contribution in [0.4, 0.5) is 0 Å². The van der Waals surface area contributed by atoms with E-state index in [2.05, 4.69) is 33.9 Å². The Kier molecular flexibility index (Phi) is 10.1. The summed E-state index contributed by atoms with van der Waals surface area (Å²) >= 11 is 0. The molecule has 0 aromatic carbocycles. The van der Waals surface area contributed by atoms with Crippen LogP contribution in [-0.4, -0.2) is 98.1 Å². The number of hydrogen-bond acceptors (Lipinski definition) is 5. The summed E-state index contributed by atoms with van der Waals surface area (Å²) in [5.41, 5.74) is 0. The van der Waals surface area contributed by atoms with E-state index in [1.54, 1.807) is 0 Å². The Hall–Kier alpha value is -1.18. The number of hydrogen-bond donors (Lipinski definition) is 1. The second kappa shape index (κ2) is 12.8. The summed E-state index contributed by atoms with van der Waals surface area (Å²) in [6.07, 6.45) is 8.86. The lowest BCUT2D eigenvalue weighted by Gasteiger charge is -2.38. The molecule has 2 unspecified atom stereocenters. The predicted molar refractivity (Wildman–Crippen MR) is 123 cm³/mol. The van der Waals surface area contributed by atoms with Crippen LogP contribution < -0.4 is 5.32 Å². The van der Waals surface area contributed by atoms with Gasteiger partial charge in [-0.15, -0.1) is 0 Å². The zero-order valence-electron chi connectivity index (χ0n) is 19.8. The predicted octanol–water partition coefficient (Wildman–Crippen LogP) is 1.96. The van der Waals surface area contributed by atoms with E-state index in [-0.39, 0.29) is 11.8 Å². The summed E-state index contributed by atoms with van der Waals surface area (Å²) < 4.78 is 5.92. The summed E-state index contributed by atoms with van der Waals surface area (Å²) in [5.74, 6) is 1.56. The van der Waals surface area contributed by atoms with Gasteiger partial charge in [-0.25, -0.2) is 0 Å².